The van der Waals surface area contributed by atoms with Crippen LogP contribution in [0.1, 0.15) is 16.4 Å². The summed E-state index contributed by atoms with van der Waals surface area (Å²) in [5, 5.41) is 11.6. The van der Waals surface area contributed by atoms with Gasteiger partial charge in [-0.05, 0) is 35.9 Å². The van der Waals surface area contributed by atoms with Crippen LogP contribution in [0.4, 0.5) is 5.69 Å². The van der Waals surface area contributed by atoms with Gasteiger partial charge < -0.3 is 5.32 Å². The number of amides is 1. The van der Waals surface area contributed by atoms with E-state index in [1.807, 2.05) is 60.7 Å². The van der Waals surface area contributed by atoms with Gasteiger partial charge >= 0.3 is 0 Å². The Kier molecular flexibility index (Phi) is 5.50. The first-order valence-corrected chi connectivity index (χ1v) is 8.72. The number of rotatable bonds is 5. The summed E-state index contributed by atoms with van der Waals surface area (Å²) in [5.74, 6) is -0.116. The topological polar surface area (TPSA) is 52.9 Å². The molecule has 0 aliphatic carbocycles. The van der Waals surface area contributed by atoms with Gasteiger partial charge in [-0.25, -0.2) is 0 Å². The van der Waals surface area contributed by atoms with Gasteiger partial charge in [0.05, 0.1) is 11.6 Å². The van der Waals surface area contributed by atoms with E-state index in [0.29, 0.717) is 11.3 Å². The molecule has 0 heterocycles. The predicted octanol–water partition coefficient (Wildman–Crippen LogP) is 5.03. The van der Waals surface area contributed by atoms with E-state index in [2.05, 4.69) is 11.4 Å². The third kappa shape index (κ3) is 4.50. The van der Waals surface area contributed by atoms with Crippen LogP contribution in [0.25, 0.3) is 0 Å². The molecule has 0 saturated carbocycles. The number of carbonyl (C=O) groups is 1. The second-order valence-electron chi connectivity index (χ2n) is 5.40. The molecule has 1 N–H and O–H groups in total. The monoisotopic (exact) mass is 344 g/mol. The Morgan fingerprint density at radius 2 is 1.60 bits per heavy atom. The Hall–Kier alpha value is -3.03. The molecule has 3 aromatic rings. The Morgan fingerprint density at radius 3 is 2.28 bits per heavy atom. The second kappa shape index (κ2) is 8.18. The van der Waals surface area contributed by atoms with Crippen LogP contribution >= 0.6 is 11.8 Å². The fourth-order valence-corrected chi connectivity index (χ4v) is 3.46. The molecule has 0 aromatic heterocycles. The first kappa shape index (κ1) is 16.8. The number of hydrogen-bond acceptors (Lipinski definition) is 3. The molecule has 1 amide bonds. The highest BCUT2D eigenvalue weighted by atomic mass is 32.2. The highest BCUT2D eigenvalue weighted by molar-refractivity contribution is 8.00. The van der Waals surface area contributed by atoms with Crippen LogP contribution in [0.15, 0.2) is 89.8 Å². The summed E-state index contributed by atoms with van der Waals surface area (Å²) in [5.41, 5.74) is 2.08. The summed E-state index contributed by atoms with van der Waals surface area (Å²) in [7, 11) is 0. The van der Waals surface area contributed by atoms with Gasteiger partial charge in [0.1, 0.15) is 5.25 Å². The maximum Gasteiger partial charge on any atom is 0.242 e. The number of thioether (sulfide) groups is 1. The van der Waals surface area contributed by atoms with E-state index in [9.17, 15) is 4.79 Å². The summed E-state index contributed by atoms with van der Waals surface area (Å²) in [6.07, 6.45) is 0. The standard InChI is InChI=1S/C21H16N2OS/c22-15-16-8-7-11-18(14-16)23-21(24)20(17-9-3-1-4-10-17)25-19-12-5-2-6-13-19/h1-14,20H,(H,23,24)/t20-/m0/s1. The lowest BCUT2D eigenvalue weighted by Crippen LogP contribution is -2.19. The van der Waals surface area contributed by atoms with Gasteiger partial charge in [0.2, 0.25) is 5.91 Å². The number of anilines is 1. The number of nitriles is 1. The van der Waals surface area contributed by atoms with Gasteiger partial charge in [-0.1, -0.05) is 54.6 Å². The highest BCUT2D eigenvalue weighted by Crippen LogP contribution is 2.36. The lowest BCUT2D eigenvalue weighted by molar-refractivity contribution is -0.115. The van der Waals surface area contributed by atoms with E-state index >= 15 is 0 Å². The summed E-state index contributed by atoms with van der Waals surface area (Å²) in [6.45, 7) is 0. The van der Waals surface area contributed by atoms with E-state index in [-0.39, 0.29) is 11.2 Å². The van der Waals surface area contributed by atoms with Gasteiger partial charge in [-0.15, -0.1) is 11.8 Å². The number of benzene rings is 3. The molecule has 0 aliphatic heterocycles. The molecule has 4 heteroatoms. The minimum absolute atomic E-state index is 0.116. The van der Waals surface area contributed by atoms with Gasteiger partial charge in [0.15, 0.2) is 0 Å². The highest BCUT2D eigenvalue weighted by Gasteiger charge is 2.22. The average Bonchev–Trinajstić information content (AvgIpc) is 2.67. The molecule has 3 rings (SSSR count). The lowest BCUT2D eigenvalue weighted by atomic mass is 10.1. The summed E-state index contributed by atoms with van der Waals surface area (Å²) < 4.78 is 0. The molecular formula is C21H16N2OS. The first-order chi connectivity index (χ1) is 12.3. The third-order valence-electron chi connectivity index (χ3n) is 3.60. The molecule has 25 heavy (non-hydrogen) atoms. The SMILES string of the molecule is N#Cc1cccc(NC(=O)[C@@H](Sc2ccccc2)c2ccccc2)c1. The summed E-state index contributed by atoms with van der Waals surface area (Å²) >= 11 is 1.50. The summed E-state index contributed by atoms with van der Waals surface area (Å²) in [6, 6.07) is 28.6. The molecule has 0 radical (unpaired) electrons. The fourth-order valence-electron chi connectivity index (χ4n) is 2.41. The number of nitrogens with one attached hydrogen (secondary N) is 1. The van der Waals surface area contributed by atoms with Crippen LogP contribution in [0.5, 0.6) is 0 Å². The number of nitrogens with zero attached hydrogens (tertiary/aromatic N) is 1. The van der Waals surface area contributed by atoms with Crippen LogP contribution in [-0.2, 0) is 4.79 Å². The zero-order chi connectivity index (χ0) is 17.5. The molecule has 1 atom stereocenters. The van der Waals surface area contributed by atoms with Gasteiger partial charge in [-0.2, -0.15) is 5.26 Å². The van der Waals surface area contributed by atoms with Crippen molar-refractivity contribution in [3.05, 3.63) is 96.1 Å². The van der Waals surface area contributed by atoms with E-state index in [1.165, 1.54) is 11.8 Å². The molecular weight excluding hydrogens is 328 g/mol. The van der Waals surface area contributed by atoms with Gasteiger partial charge in [0.25, 0.3) is 0 Å². The molecule has 0 bridgehead atoms. The molecule has 0 unspecified atom stereocenters. The van der Waals surface area contributed by atoms with Crippen molar-refractivity contribution in [2.24, 2.45) is 0 Å². The zero-order valence-electron chi connectivity index (χ0n) is 13.4. The van der Waals surface area contributed by atoms with Crippen molar-refractivity contribution in [2.75, 3.05) is 5.32 Å². The van der Waals surface area contributed by atoms with Gasteiger partial charge in [0, 0.05) is 10.6 Å². The molecule has 0 fully saturated rings. The van der Waals surface area contributed by atoms with Crippen molar-refractivity contribution >= 4 is 23.4 Å². The molecule has 0 spiro atoms. The van der Waals surface area contributed by atoms with Crippen molar-refractivity contribution in [1.82, 2.24) is 0 Å². The quantitative estimate of drug-likeness (QED) is 0.660. The zero-order valence-corrected chi connectivity index (χ0v) is 14.2. The average molecular weight is 344 g/mol. The first-order valence-electron chi connectivity index (χ1n) is 7.84. The second-order valence-corrected chi connectivity index (χ2v) is 6.58. The third-order valence-corrected chi connectivity index (χ3v) is 4.86. The largest absolute Gasteiger partial charge is 0.325 e. The predicted molar refractivity (Wildman–Crippen MR) is 101 cm³/mol. The Morgan fingerprint density at radius 1 is 0.920 bits per heavy atom. The minimum atomic E-state index is -0.380. The molecule has 122 valence electrons. The van der Waals surface area contributed by atoms with E-state index in [0.717, 1.165) is 10.5 Å². The Bertz CT molecular complexity index is 889. The number of carbonyl (C=O) groups excluding carboxylic acids is 1. The summed E-state index contributed by atoms with van der Waals surface area (Å²) in [4.78, 5) is 13.9. The van der Waals surface area contributed by atoms with Gasteiger partial charge in [-0.3, -0.25) is 4.79 Å². The van der Waals surface area contributed by atoms with Crippen LogP contribution in [0.2, 0.25) is 0 Å². The Labute approximate surface area is 151 Å². The molecule has 0 saturated heterocycles. The van der Waals surface area contributed by atoms with E-state index < -0.39 is 0 Å². The molecule has 0 aliphatic rings. The van der Waals surface area contributed by atoms with Crippen LogP contribution < -0.4 is 5.32 Å². The van der Waals surface area contributed by atoms with E-state index in [4.69, 9.17) is 5.26 Å². The Balaban J connectivity index is 1.85. The van der Waals surface area contributed by atoms with Crippen LogP contribution in [0, 0.1) is 11.3 Å². The van der Waals surface area contributed by atoms with Crippen LogP contribution in [0.3, 0.4) is 0 Å². The van der Waals surface area contributed by atoms with Crippen molar-refractivity contribution in [2.45, 2.75) is 10.1 Å². The number of hydrogen-bond donors (Lipinski definition) is 1. The smallest absolute Gasteiger partial charge is 0.242 e. The fraction of sp³-hybridized carbons (Fsp3) is 0.0476. The molecule has 3 aromatic carbocycles. The maximum atomic E-state index is 12.9. The molecule has 3 nitrogen and oxygen atoms in total. The van der Waals surface area contributed by atoms with Crippen molar-refractivity contribution in [1.29, 1.82) is 5.26 Å². The maximum absolute atomic E-state index is 12.9. The van der Waals surface area contributed by atoms with Crippen molar-refractivity contribution < 1.29 is 4.79 Å². The minimum Gasteiger partial charge on any atom is -0.325 e. The van der Waals surface area contributed by atoms with Crippen molar-refractivity contribution in [3.63, 3.8) is 0 Å². The normalized spacial score (nSPS) is 11.3. The van der Waals surface area contributed by atoms with Crippen molar-refractivity contribution in [3.8, 4) is 6.07 Å². The lowest BCUT2D eigenvalue weighted by Gasteiger charge is -2.17. The van der Waals surface area contributed by atoms with Crippen LogP contribution in [-0.4, -0.2) is 5.91 Å². The van der Waals surface area contributed by atoms with E-state index in [1.54, 1.807) is 24.3 Å².